The summed E-state index contributed by atoms with van der Waals surface area (Å²) in [4.78, 5) is 23.4. The molecule has 1 aliphatic rings. The average Bonchev–Trinajstić information content (AvgIpc) is 3.13. The van der Waals surface area contributed by atoms with Crippen LogP contribution in [-0.4, -0.2) is 45.7 Å². The number of benzene rings is 2. The van der Waals surface area contributed by atoms with Crippen molar-refractivity contribution >= 4 is 31.4 Å². The van der Waals surface area contributed by atoms with Crippen LogP contribution in [0.3, 0.4) is 0 Å². The predicted octanol–water partition coefficient (Wildman–Crippen LogP) is 2.24. The number of carboxylic acid groups (broad SMARTS) is 1. The second-order valence-electron chi connectivity index (χ2n) is 6.19. The molecule has 3 rings (SSSR count). The molecule has 0 radical (unpaired) electrons. The van der Waals surface area contributed by atoms with Crippen LogP contribution in [0.1, 0.15) is 22.3 Å². The summed E-state index contributed by atoms with van der Waals surface area (Å²) in [6.45, 7) is 0.207. The van der Waals surface area contributed by atoms with Crippen LogP contribution >= 0.6 is 0 Å². The van der Waals surface area contributed by atoms with Gasteiger partial charge in [-0.3, -0.25) is 0 Å². The van der Waals surface area contributed by atoms with Crippen LogP contribution < -0.4 is 4.46 Å². The fourth-order valence-corrected chi connectivity index (χ4v) is 5.72. The maximum atomic E-state index is 12.0. The first-order chi connectivity index (χ1) is 12.6. The number of esters is 1. The van der Waals surface area contributed by atoms with Gasteiger partial charge in [0.2, 0.25) is 0 Å². The third-order valence-electron chi connectivity index (χ3n) is 4.54. The SMILES string of the molecule is COC(=O)c1ccccc1[Se]C[C@]1(c2ccccc2)C[C@H](C(=O)O)CO1. The molecule has 26 heavy (non-hydrogen) atoms. The summed E-state index contributed by atoms with van der Waals surface area (Å²) < 4.78 is 11.9. The summed E-state index contributed by atoms with van der Waals surface area (Å²) in [7, 11) is 1.37. The summed E-state index contributed by atoms with van der Waals surface area (Å²) in [6, 6.07) is 17.1. The average molecular weight is 419 g/mol. The molecule has 0 spiro atoms. The monoisotopic (exact) mass is 420 g/mol. The predicted molar refractivity (Wildman–Crippen MR) is 97.8 cm³/mol. The summed E-state index contributed by atoms with van der Waals surface area (Å²) in [6.07, 6.45) is 0.439. The molecule has 1 N–H and O–H groups in total. The zero-order valence-corrected chi connectivity index (χ0v) is 16.1. The Kier molecular flexibility index (Phi) is 5.77. The van der Waals surface area contributed by atoms with E-state index in [-0.39, 0.29) is 27.5 Å². The van der Waals surface area contributed by atoms with Gasteiger partial charge < -0.3 is 0 Å². The van der Waals surface area contributed by atoms with Crippen molar-refractivity contribution in [1.82, 2.24) is 0 Å². The van der Waals surface area contributed by atoms with Crippen LogP contribution in [0.4, 0.5) is 0 Å². The quantitative estimate of drug-likeness (QED) is 0.575. The Labute approximate surface area is 158 Å². The molecule has 2 aromatic rings. The normalized spacial score (nSPS) is 22.1. The van der Waals surface area contributed by atoms with Gasteiger partial charge in [-0.15, -0.1) is 0 Å². The molecule has 0 saturated carbocycles. The Hall–Kier alpha value is -2.14. The van der Waals surface area contributed by atoms with Crippen LogP contribution in [0.2, 0.25) is 5.32 Å². The number of hydrogen-bond acceptors (Lipinski definition) is 4. The van der Waals surface area contributed by atoms with E-state index >= 15 is 0 Å². The first kappa shape index (κ1) is 18.6. The van der Waals surface area contributed by atoms with Crippen molar-refractivity contribution in [2.45, 2.75) is 17.3 Å². The maximum absolute atomic E-state index is 12.0. The second kappa shape index (κ2) is 8.04. The van der Waals surface area contributed by atoms with E-state index < -0.39 is 17.5 Å². The van der Waals surface area contributed by atoms with Gasteiger partial charge in [-0.05, 0) is 0 Å². The fourth-order valence-electron chi connectivity index (χ4n) is 3.13. The molecule has 0 amide bonds. The first-order valence-electron chi connectivity index (χ1n) is 8.28. The van der Waals surface area contributed by atoms with Crippen LogP contribution in [0.5, 0.6) is 0 Å². The van der Waals surface area contributed by atoms with E-state index in [1.807, 2.05) is 48.5 Å². The molecule has 0 aliphatic carbocycles. The van der Waals surface area contributed by atoms with E-state index in [0.717, 1.165) is 10.0 Å². The zero-order valence-electron chi connectivity index (χ0n) is 14.4. The molecule has 1 heterocycles. The molecule has 1 aliphatic heterocycles. The molecule has 5 nitrogen and oxygen atoms in total. The molecule has 6 heteroatoms. The first-order valence-corrected chi connectivity index (χ1v) is 10.3. The molecule has 0 bridgehead atoms. The van der Waals surface area contributed by atoms with E-state index in [9.17, 15) is 14.7 Å². The molecule has 2 atom stereocenters. The summed E-state index contributed by atoms with van der Waals surface area (Å²) >= 11 is -0.0754. The number of ether oxygens (including phenoxy) is 2. The Bertz CT molecular complexity index is 792. The number of hydrogen-bond donors (Lipinski definition) is 1. The molecule has 1 saturated heterocycles. The number of methoxy groups -OCH3 is 1. The third kappa shape index (κ3) is 3.83. The summed E-state index contributed by atoms with van der Waals surface area (Å²) in [5.74, 6) is -1.70. The Morgan fingerprint density at radius 3 is 2.54 bits per heavy atom. The van der Waals surface area contributed by atoms with Gasteiger partial charge in [0.1, 0.15) is 0 Å². The standard InChI is InChI=1S/C20H20O5Se/c1-24-19(23)16-9-5-6-10-17(16)26-13-20(15-7-3-2-4-8-15)11-14(12-25-20)18(21)22/h2-10,14H,11-13H2,1H3,(H,21,22)/t14-,20-/m0/s1. The molecule has 1 fully saturated rings. The third-order valence-corrected chi connectivity index (χ3v) is 7.22. The number of carbonyl (C=O) groups excluding carboxylic acids is 1. The van der Waals surface area contributed by atoms with Crippen molar-refractivity contribution < 1.29 is 24.2 Å². The molecule has 0 aromatic heterocycles. The minimum absolute atomic E-state index is 0.0754. The Morgan fingerprint density at radius 2 is 1.88 bits per heavy atom. The van der Waals surface area contributed by atoms with E-state index in [2.05, 4.69) is 0 Å². The van der Waals surface area contributed by atoms with Crippen LogP contribution in [0.25, 0.3) is 0 Å². The van der Waals surface area contributed by atoms with Gasteiger partial charge in [-0.1, -0.05) is 0 Å². The zero-order chi connectivity index (χ0) is 18.6. The number of carboxylic acids is 1. The number of carbonyl (C=O) groups is 2. The summed E-state index contributed by atoms with van der Waals surface area (Å²) in [5.41, 5.74) is 0.917. The van der Waals surface area contributed by atoms with Gasteiger partial charge in [-0.2, -0.15) is 0 Å². The topological polar surface area (TPSA) is 72.8 Å². The van der Waals surface area contributed by atoms with Gasteiger partial charge in [0.25, 0.3) is 0 Å². The van der Waals surface area contributed by atoms with Crippen molar-refractivity contribution in [3.63, 3.8) is 0 Å². The van der Waals surface area contributed by atoms with E-state index in [1.54, 1.807) is 6.07 Å². The summed E-state index contributed by atoms with van der Waals surface area (Å²) in [5, 5.41) is 10.0. The van der Waals surface area contributed by atoms with Crippen molar-refractivity contribution in [1.29, 1.82) is 0 Å². The van der Waals surface area contributed by atoms with Gasteiger partial charge in [0.05, 0.1) is 0 Å². The minimum atomic E-state index is -0.828. The molecule has 136 valence electrons. The van der Waals surface area contributed by atoms with Crippen molar-refractivity contribution in [3.8, 4) is 0 Å². The number of aliphatic carboxylic acids is 1. The number of rotatable bonds is 6. The Morgan fingerprint density at radius 1 is 1.19 bits per heavy atom. The molecular formula is C20H20O5Se. The van der Waals surface area contributed by atoms with E-state index in [1.165, 1.54) is 7.11 Å². The van der Waals surface area contributed by atoms with Crippen molar-refractivity contribution in [3.05, 3.63) is 65.7 Å². The van der Waals surface area contributed by atoms with Gasteiger partial charge in [0.15, 0.2) is 0 Å². The fraction of sp³-hybridized carbons (Fsp3) is 0.300. The van der Waals surface area contributed by atoms with Crippen LogP contribution in [0, 0.1) is 5.92 Å². The molecular weight excluding hydrogens is 399 g/mol. The van der Waals surface area contributed by atoms with Gasteiger partial charge in [0, 0.05) is 0 Å². The molecule has 0 unspecified atom stereocenters. The molecule has 2 aromatic carbocycles. The van der Waals surface area contributed by atoms with Crippen LogP contribution in [-0.2, 0) is 19.9 Å². The van der Waals surface area contributed by atoms with E-state index in [0.29, 0.717) is 17.3 Å². The van der Waals surface area contributed by atoms with Crippen molar-refractivity contribution in [2.24, 2.45) is 5.92 Å². The van der Waals surface area contributed by atoms with Gasteiger partial charge >= 0.3 is 158 Å². The van der Waals surface area contributed by atoms with Crippen LogP contribution in [0.15, 0.2) is 54.6 Å². The Balaban J connectivity index is 1.87. The van der Waals surface area contributed by atoms with Gasteiger partial charge in [-0.25, -0.2) is 0 Å². The second-order valence-corrected chi connectivity index (χ2v) is 8.32. The van der Waals surface area contributed by atoms with E-state index in [4.69, 9.17) is 9.47 Å². The van der Waals surface area contributed by atoms with Crippen molar-refractivity contribution in [2.75, 3.05) is 13.7 Å².